The molecule has 1 atom stereocenters. The quantitative estimate of drug-likeness (QED) is 0.598. The van der Waals surface area contributed by atoms with Crippen LogP contribution in [-0.4, -0.2) is 19.1 Å². The molecule has 1 amide bonds. The molecular formula is C24H23NO5. The molecule has 0 fully saturated rings. The molecule has 2 heterocycles. The molecule has 1 aromatic heterocycles. The highest BCUT2D eigenvalue weighted by Crippen LogP contribution is 2.36. The Bertz CT molecular complexity index is 1190. The smallest absolute Gasteiger partial charge is 0.288 e. The first kappa shape index (κ1) is 19.8. The van der Waals surface area contributed by atoms with E-state index < -0.39 is 11.9 Å². The van der Waals surface area contributed by atoms with E-state index in [0.717, 1.165) is 17.5 Å². The molecule has 30 heavy (non-hydrogen) atoms. The SMILES string of the molecule is C=CCOc1ccc(C2NC(=O)c3oc4ccc(CC)cc4c(=O)c32)cc1OCC. The summed E-state index contributed by atoms with van der Waals surface area (Å²) < 4.78 is 17.2. The number of fused-ring (bicyclic) bond motifs is 2. The average Bonchev–Trinajstić information content (AvgIpc) is 3.09. The van der Waals surface area contributed by atoms with E-state index in [4.69, 9.17) is 13.9 Å². The first-order valence-electron chi connectivity index (χ1n) is 9.98. The fourth-order valence-electron chi connectivity index (χ4n) is 3.67. The van der Waals surface area contributed by atoms with Crippen molar-refractivity contribution in [2.24, 2.45) is 0 Å². The van der Waals surface area contributed by atoms with Crippen molar-refractivity contribution in [2.45, 2.75) is 26.3 Å². The van der Waals surface area contributed by atoms with E-state index in [-0.39, 0.29) is 11.2 Å². The molecule has 1 aliphatic heterocycles. The van der Waals surface area contributed by atoms with E-state index in [1.807, 2.05) is 32.0 Å². The third kappa shape index (κ3) is 3.34. The molecule has 154 valence electrons. The third-order valence-corrected chi connectivity index (χ3v) is 5.13. The van der Waals surface area contributed by atoms with E-state index in [1.165, 1.54) is 0 Å². The minimum atomic E-state index is -0.619. The first-order valence-corrected chi connectivity index (χ1v) is 9.98. The Balaban J connectivity index is 1.84. The largest absolute Gasteiger partial charge is 0.490 e. The van der Waals surface area contributed by atoms with Crippen molar-refractivity contribution in [2.75, 3.05) is 13.2 Å². The van der Waals surface area contributed by atoms with Gasteiger partial charge in [-0.1, -0.05) is 31.7 Å². The maximum absolute atomic E-state index is 13.3. The van der Waals surface area contributed by atoms with Gasteiger partial charge in [0.1, 0.15) is 12.2 Å². The molecule has 0 bridgehead atoms. The maximum Gasteiger partial charge on any atom is 0.288 e. The third-order valence-electron chi connectivity index (χ3n) is 5.13. The van der Waals surface area contributed by atoms with Gasteiger partial charge in [0.05, 0.1) is 23.6 Å². The normalized spacial score (nSPS) is 15.0. The number of nitrogens with one attached hydrogen (secondary N) is 1. The van der Waals surface area contributed by atoms with Crippen LogP contribution in [0.4, 0.5) is 0 Å². The van der Waals surface area contributed by atoms with Gasteiger partial charge in [0.25, 0.3) is 5.91 Å². The van der Waals surface area contributed by atoms with Gasteiger partial charge in [0.15, 0.2) is 16.9 Å². The average molecular weight is 405 g/mol. The summed E-state index contributed by atoms with van der Waals surface area (Å²) in [6, 6.07) is 10.2. The lowest BCUT2D eigenvalue weighted by molar-refractivity contribution is 0.0938. The fourth-order valence-corrected chi connectivity index (χ4v) is 3.67. The standard InChI is InChI=1S/C24H23NO5/c1-4-11-29-18-10-8-15(13-19(18)28-6-3)21-20-22(26)16-12-14(5-2)7-9-17(16)30-23(20)24(27)25-21/h4,7-10,12-13,21H,1,5-6,11H2,2-3H3,(H,25,27). The van der Waals surface area contributed by atoms with Crippen molar-refractivity contribution in [1.29, 1.82) is 0 Å². The Kier molecular flexibility index (Phi) is 5.31. The molecule has 0 spiro atoms. The Hall–Kier alpha value is -3.54. The summed E-state index contributed by atoms with van der Waals surface area (Å²) in [5.74, 6) is 0.770. The zero-order valence-electron chi connectivity index (χ0n) is 17.0. The van der Waals surface area contributed by atoms with Crippen LogP contribution >= 0.6 is 0 Å². The molecule has 2 aromatic carbocycles. The van der Waals surface area contributed by atoms with E-state index in [1.54, 1.807) is 24.3 Å². The summed E-state index contributed by atoms with van der Waals surface area (Å²) in [7, 11) is 0. The molecule has 0 saturated heterocycles. The second kappa shape index (κ2) is 8.06. The molecule has 1 aliphatic rings. The van der Waals surface area contributed by atoms with Crippen LogP contribution in [0.3, 0.4) is 0 Å². The number of hydrogen-bond donors (Lipinski definition) is 1. The number of ether oxygens (including phenoxy) is 2. The Morgan fingerprint density at radius 3 is 2.67 bits per heavy atom. The van der Waals surface area contributed by atoms with Crippen LogP contribution < -0.4 is 20.2 Å². The number of carbonyl (C=O) groups excluding carboxylic acids is 1. The van der Waals surface area contributed by atoms with Crippen molar-refractivity contribution in [3.63, 3.8) is 0 Å². The predicted molar refractivity (Wildman–Crippen MR) is 114 cm³/mol. The van der Waals surface area contributed by atoms with E-state index in [2.05, 4.69) is 11.9 Å². The minimum absolute atomic E-state index is 0.0618. The second-order valence-electron chi connectivity index (χ2n) is 7.00. The lowest BCUT2D eigenvalue weighted by atomic mass is 9.98. The topological polar surface area (TPSA) is 77.8 Å². The highest BCUT2D eigenvalue weighted by molar-refractivity contribution is 5.99. The number of hydrogen-bond acceptors (Lipinski definition) is 5. The van der Waals surface area contributed by atoms with Crippen molar-refractivity contribution < 1.29 is 18.7 Å². The van der Waals surface area contributed by atoms with Crippen LogP contribution in [0.2, 0.25) is 0 Å². The van der Waals surface area contributed by atoms with Gasteiger partial charge in [-0.05, 0) is 48.7 Å². The molecule has 0 saturated carbocycles. The molecule has 1 unspecified atom stereocenters. The summed E-state index contributed by atoms with van der Waals surface area (Å²) in [6.07, 6.45) is 2.45. The Morgan fingerprint density at radius 1 is 1.10 bits per heavy atom. The van der Waals surface area contributed by atoms with Gasteiger partial charge in [0, 0.05) is 0 Å². The van der Waals surface area contributed by atoms with Crippen LogP contribution in [0, 0.1) is 0 Å². The number of carbonyl (C=O) groups is 1. The molecule has 6 nitrogen and oxygen atoms in total. The molecule has 6 heteroatoms. The van der Waals surface area contributed by atoms with Gasteiger partial charge in [-0.3, -0.25) is 9.59 Å². The molecule has 4 rings (SSSR count). The van der Waals surface area contributed by atoms with Gasteiger partial charge in [-0.25, -0.2) is 0 Å². The zero-order chi connectivity index (χ0) is 21.3. The molecule has 3 aromatic rings. The number of benzene rings is 2. The number of amides is 1. The van der Waals surface area contributed by atoms with Gasteiger partial charge in [-0.2, -0.15) is 0 Å². The zero-order valence-corrected chi connectivity index (χ0v) is 17.0. The highest BCUT2D eigenvalue weighted by atomic mass is 16.5. The van der Waals surface area contributed by atoms with Crippen LogP contribution in [0.25, 0.3) is 11.0 Å². The second-order valence-corrected chi connectivity index (χ2v) is 7.00. The van der Waals surface area contributed by atoms with Crippen molar-refractivity contribution in [3.8, 4) is 11.5 Å². The number of rotatable bonds is 7. The maximum atomic E-state index is 13.3. The summed E-state index contributed by atoms with van der Waals surface area (Å²) in [5.41, 5.74) is 2.29. The van der Waals surface area contributed by atoms with Gasteiger partial charge < -0.3 is 19.2 Å². The molecule has 0 radical (unpaired) electrons. The van der Waals surface area contributed by atoms with Crippen LogP contribution in [0.1, 0.15) is 47.1 Å². The minimum Gasteiger partial charge on any atom is -0.490 e. The van der Waals surface area contributed by atoms with Crippen molar-refractivity contribution in [3.05, 3.63) is 81.7 Å². The van der Waals surface area contributed by atoms with Crippen molar-refractivity contribution >= 4 is 16.9 Å². The highest BCUT2D eigenvalue weighted by Gasteiger charge is 2.36. The van der Waals surface area contributed by atoms with Crippen LogP contribution in [0.15, 0.2) is 58.3 Å². The van der Waals surface area contributed by atoms with Gasteiger partial charge >= 0.3 is 0 Å². The lowest BCUT2D eigenvalue weighted by Gasteiger charge is -2.16. The number of aryl methyl sites for hydroxylation is 1. The van der Waals surface area contributed by atoms with E-state index >= 15 is 0 Å². The summed E-state index contributed by atoms with van der Waals surface area (Å²) in [4.78, 5) is 25.9. The predicted octanol–water partition coefficient (Wildman–Crippen LogP) is 4.15. The summed E-state index contributed by atoms with van der Waals surface area (Å²) in [6.45, 7) is 8.35. The monoisotopic (exact) mass is 405 g/mol. The van der Waals surface area contributed by atoms with Gasteiger partial charge in [0.2, 0.25) is 5.76 Å². The van der Waals surface area contributed by atoms with Gasteiger partial charge in [-0.15, -0.1) is 0 Å². The molecule has 0 aliphatic carbocycles. The first-order chi connectivity index (χ1) is 14.6. The van der Waals surface area contributed by atoms with E-state index in [9.17, 15) is 9.59 Å². The Morgan fingerprint density at radius 2 is 1.93 bits per heavy atom. The van der Waals surface area contributed by atoms with Crippen molar-refractivity contribution in [1.82, 2.24) is 5.32 Å². The van der Waals surface area contributed by atoms with E-state index in [0.29, 0.717) is 41.2 Å². The molecular weight excluding hydrogens is 382 g/mol. The van der Waals surface area contributed by atoms with Crippen LogP contribution in [-0.2, 0) is 6.42 Å². The lowest BCUT2D eigenvalue weighted by Crippen LogP contribution is -2.22. The van der Waals surface area contributed by atoms with Crippen LogP contribution in [0.5, 0.6) is 11.5 Å². The Labute approximate surface area is 174 Å². The fraction of sp³-hybridized carbons (Fsp3) is 0.250. The summed E-state index contributed by atoms with van der Waals surface area (Å²) >= 11 is 0. The molecule has 1 N–H and O–H groups in total. The summed E-state index contributed by atoms with van der Waals surface area (Å²) in [5, 5.41) is 3.34.